The third kappa shape index (κ3) is 4.05. The first-order valence-electron chi connectivity index (χ1n) is 5.68. The Morgan fingerprint density at radius 3 is 2.45 bits per heavy atom. The van der Waals surface area contributed by atoms with E-state index in [1.165, 1.54) is 12.7 Å². The summed E-state index contributed by atoms with van der Waals surface area (Å²) < 4.78 is 0. The van der Waals surface area contributed by atoms with E-state index in [1.54, 1.807) is 19.1 Å². The van der Waals surface area contributed by atoms with Crippen LogP contribution < -0.4 is 10.9 Å². The molecule has 0 bridgehead atoms. The van der Waals surface area contributed by atoms with Crippen LogP contribution in [-0.2, 0) is 0 Å². The molecular formula is C11H12N8O. The van der Waals surface area contributed by atoms with Crippen molar-refractivity contribution in [3.05, 3.63) is 36.2 Å². The lowest BCUT2D eigenvalue weighted by Gasteiger charge is -2.04. The van der Waals surface area contributed by atoms with E-state index in [2.05, 4.69) is 41.0 Å². The third-order valence-corrected chi connectivity index (χ3v) is 2.13. The van der Waals surface area contributed by atoms with E-state index >= 15 is 0 Å². The minimum Gasteiger partial charge on any atom is -0.280 e. The van der Waals surface area contributed by atoms with Gasteiger partial charge in [0.2, 0.25) is 0 Å². The Balaban J connectivity index is 1.89. The fourth-order valence-electron chi connectivity index (χ4n) is 1.26. The quantitative estimate of drug-likeness (QED) is 0.648. The van der Waals surface area contributed by atoms with Gasteiger partial charge < -0.3 is 0 Å². The summed E-state index contributed by atoms with van der Waals surface area (Å²) in [5.41, 5.74) is 6.44. The molecule has 0 saturated carbocycles. The number of amides is 2. The van der Waals surface area contributed by atoms with Crippen LogP contribution >= 0.6 is 0 Å². The molecule has 2 aromatic heterocycles. The first kappa shape index (κ1) is 13.5. The first-order chi connectivity index (χ1) is 9.63. The number of hydrazine groups is 1. The smallest absolute Gasteiger partial charge is 0.280 e. The van der Waals surface area contributed by atoms with Gasteiger partial charge in [-0.25, -0.2) is 30.2 Å². The molecule has 0 aliphatic carbocycles. The Kier molecular flexibility index (Phi) is 4.22. The SMILES string of the molecule is Cc1cc(N=NC(=O)NNc2cc(C)ncn2)ncn1. The van der Waals surface area contributed by atoms with E-state index in [0.717, 1.165) is 11.4 Å². The molecule has 2 heterocycles. The van der Waals surface area contributed by atoms with E-state index in [1.807, 2.05) is 6.92 Å². The lowest BCUT2D eigenvalue weighted by Crippen LogP contribution is -2.26. The van der Waals surface area contributed by atoms with Gasteiger partial charge in [0, 0.05) is 23.5 Å². The van der Waals surface area contributed by atoms with Crippen molar-refractivity contribution < 1.29 is 4.79 Å². The van der Waals surface area contributed by atoms with Gasteiger partial charge in [0.05, 0.1) is 0 Å². The zero-order valence-corrected chi connectivity index (χ0v) is 10.9. The second-order valence-electron chi connectivity index (χ2n) is 3.82. The number of carbonyl (C=O) groups excluding carboxylic acids is 1. The molecule has 0 aromatic carbocycles. The van der Waals surface area contributed by atoms with Crippen molar-refractivity contribution >= 4 is 17.7 Å². The molecule has 0 saturated heterocycles. The summed E-state index contributed by atoms with van der Waals surface area (Å²) in [5, 5.41) is 7.14. The summed E-state index contributed by atoms with van der Waals surface area (Å²) >= 11 is 0. The van der Waals surface area contributed by atoms with Gasteiger partial charge in [-0.2, -0.15) is 0 Å². The molecule has 0 aliphatic rings. The molecule has 0 fully saturated rings. The Bertz CT molecular complexity index is 642. The van der Waals surface area contributed by atoms with Crippen LogP contribution in [0.15, 0.2) is 35.0 Å². The van der Waals surface area contributed by atoms with Crippen LogP contribution in [0.5, 0.6) is 0 Å². The average molecular weight is 272 g/mol. The van der Waals surface area contributed by atoms with E-state index in [0.29, 0.717) is 11.6 Å². The Labute approximate surface area is 114 Å². The average Bonchev–Trinajstić information content (AvgIpc) is 2.43. The number of aryl methyl sites for hydroxylation is 2. The molecule has 0 spiro atoms. The number of nitrogens with one attached hydrogen (secondary N) is 2. The Hall–Kier alpha value is -2.97. The maximum absolute atomic E-state index is 11.4. The number of urea groups is 1. The van der Waals surface area contributed by atoms with Crippen LogP contribution in [0.2, 0.25) is 0 Å². The van der Waals surface area contributed by atoms with Crippen molar-refractivity contribution in [3.63, 3.8) is 0 Å². The Morgan fingerprint density at radius 2 is 1.75 bits per heavy atom. The maximum atomic E-state index is 11.4. The monoisotopic (exact) mass is 272 g/mol. The van der Waals surface area contributed by atoms with Gasteiger partial charge in [-0.1, -0.05) is 5.11 Å². The lowest BCUT2D eigenvalue weighted by molar-refractivity contribution is 0.249. The molecule has 2 amide bonds. The maximum Gasteiger partial charge on any atom is 0.378 e. The predicted molar refractivity (Wildman–Crippen MR) is 70.2 cm³/mol. The summed E-state index contributed by atoms with van der Waals surface area (Å²) in [6.07, 6.45) is 2.73. The highest BCUT2D eigenvalue weighted by Crippen LogP contribution is 2.07. The highest BCUT2D eigenvalue weighted by molar-refractivity contribution is 5.75. The van der Waals surface area contributed by atoms with E-state index in [9.17, 15) is 4.79 Å². The first-order valence-corrected chi connectivity index (χ1v) is 5.68. The number of aromatic nitrogens is 4. The molecule has 20 heavy (non-hydrogen) atoms. The highest BCUT2D eigenvalue weighted by atomic mass is 16.2. The number of rotatable bonds is 3. The normalized spacial score (nSPS) is 10.5. The van der Waals surface area contributed by atoms with Crippen LogP contribution in [0.25, 0.3) is 0 Å². The molecule has 9 heteroatoms. The van der Waals surface area contributed by atoms with E-state index in [4.69, 9.17) is 0 Å². The molecule has 0 aliphatic heterocycles. The molecule has 9 nitrogen and oxygen atoms in total. The van der Waals surface area contributed by atoms with Crippen molar-refractivity contribution in [2.75, 3.05) is 5.43 Å². The fourth-order valence-corrected chi connectivity index (χ4v) is 1.26. The van der Waals surface area contributed by atoms with Gasteiger partial charge in [-0.05, 0) is 13.8 Å². The second kappa shape index (κ2) is 6.27. The molecule has 102 valence electrons. The predicted octanol–water partition coefficient (Wildman–Crippen LogP) is 1.70. The molecule has 2 N–H and O–H groups in total. The van der Waals surface area contributed by atoms with Crippen LogP contribution in [0, 0.1) is 13.8 Å². The number of nitrogens with zero attached hydrogens (tertiary/aromatic N) is 6. The fraction of sp³-hybridized carbons (Fsp3) is 0.182. The van der Waals surface area contributed by atoms with Crippen molar-refractivity contribution in [2.24, 2.45) is 10.2 Å². The van der Waals surface area contributed by atoms with Gasteiger partial charge in [0.1, 0.15) is 18.5 Å². The highest BCUT2D eigenvalue weighted by Gasteiger charge is 2.00. The number of carbonyl (C=O) groups is 1. The summed E-state index contributed by atoms with van der Waals surface area (Å²) in [5.74, 6) is 0.768. The summed E-state index contributed by atoms with van der Waals surface area (Å²) in [6, 6.07) is 2.61. The van der Waals surface area contributed by atoms with Crippen molar-refractivity contribution in [3.8, 4) is 0 Å². The summed E-state index contributed by atoms with van der Waals surface area (Å²) in [4.78, 5) is 27.0. The molecule has 2 rings (SSSR count). The van der Waals surface area contributed by atoms with Crippen molar-refractivity contribution in [2.45, 2.75) is 13.8 Å². The van der Waals surface area contributed by atoms with Gasteiger partial charge in [-0.3, -0.25) is 5.43 Å². The summed E-state index contributed by atoms with van der Waals surface area (Å²) in [7, 11) is 0. The van der Waals surface area contributed by atoms with Gasteiger partial charge in [0.15, 0.2) is 5.82 Å². The van der Waals surface area contributed by atoms with E-state index in [-0.39, 0.29) is 0 Å². The Morgan fingerprint density at radius 1 is 1.05 bits per heavy atom. The number of anilines is 1. The molecule has 0 atom stereocenters. The topological polar surface area (TPSA) is 117 Å². The van der Waals surface area contributed by atoms with Gasteiger partial charge in [0.25, 0.3) is 0 Å². The number of hydrogen-bond acceptors (Lipinski definition) is 7. The third-order valence-electron chi connectivity index (χ3n) is 2.13. The van der Waals surface area contributed by atoms with E-state index < -0.39 is 6.03 Å². The zero-order chi connectivity index (χ0) is 14.4. The van der Waals surface area contributed by atoms with Gasteiger partial charge in [-0.15, -0.1) is 5.11 Å². The zero-order valence-electron chi connectivity index (χ0n) is 10.9. The van der Waals surface area contributed by atoms with Gasteiger partial charge >= 0.3 is 6.03 Å². The molecule has 2 aromatic rings. The lowest BCUT2D eigenvalue weighted by atomic mass is 10.4. The number of hydrogen-bond donors (Lipinski definition) is 2. The largest absolute Gasteiger partial charge is 0.378 e. The molecular weight excluding hydrogens is 260 g/mol. The molecule has 0 unspecified atom stereocenters. The van der Waals surface area contributed by atoms with Crippen LogP contribution in [0.3, 0.4) is 0 Å². The summed E-state index contributed by atoms with van der Waals surface area (Å²) in [6.45, 7) is 3.60. The van der Waals surface area contributed by atoms with Crippen molar-refractivity contribution in [1.29, 1.82) is 0 Å². The van der Waals surface area contributed by atoms with Crippen molar-refractivity contribution in [1.82, 2.24) is 25.4 Å². The van der Waals surface area contributed by atoms with Crippen LogP contribution in [0.4, 0.5) is 16.4 Å². The molecule has 0 radical (unpaired) electrons. The number of azo groups is 1. The standard InChI is InChI=1S/C11H12N8O/c1-7-3-9(14-5-12-7)16-18-11(20)19-17-10-4-8(2)13-6-15-10/h3-6H,1-2H3,(H,18,20)(H,12,14,16). The van der Waals surface area contributed by atoms with Crippen LogP contribution in [-0.4, -0.2) is 26.0 Å². The van der Waals surface area contributed by atoms with Crippen LogP contribution in [0.1, 0.15) is 11.4 Å². The second-order valence-corrected chi connectivity index (χ2v) is 3.82. The minimum atomic E-state index is -0.669. The minimum absolute atomic E-state index is 0.311.